The van der Waals surface area contributed by atoms with E-state index in [9.17, 15) is 9.36 Å². The zero-order valence-corrected chi connectivity index (χ0v) is 23.6. The van der Waals surface area contributed by atoms with Gasteiger partial charge in [-0.2, -0.15) is 4.98 Å². The van der Waals surface area contributed by atoms with Crippen LogP contribution in [0.25, 0.3) is 22.2 Å². The number of nitrogen functional groups attached to an aromatic ring is 1. The van der Waals surface area contributed by atoms with E-state index in [-0.39, 0.29) is 43.2 Å². The summed E-state index contributed by atoms with van der Waals surface area (Å²) in [6.07, 6.45) is 4.31. The Hall–Kier alpha value is -2.85. The normalized spacial score (nSPS) is 18.1. The van der Waals surface area contributed by atoms with Crippen molar-refractivity contribution in [2.24, 2.45) is 0 Å². The standard InChI is InChI=1S/C26H37N6O5P/c1-6-36-38(34,37-7-2)16-35-20-11-9-19(10-12-20)32-24-21(17(3)29-26(27)30-24)14-22(25(32)33)18-8-13-23(28-15-18)31(4)5/h8,13-15,19-20H,6-7,9-12,16H2,1-5H3,(H2,27,29,30). The molecule has 3 aromatic rings. The summed E-state index contributed by atoms with van der Waals surface area (Å²) in [6.45, 7) is 6.00. The van der Waals surface area contributed by atoms with Crippen LogP contribution in [0.1, 0.15) is 51.3 Å². The van der Waals surface area contributed by atoms with Gasteiger partial charge in [-0.05, 0) is 64.7 Å². The largest absolute Gasteiger partial charge is 0.368 e. The molecule has 0 bridgehead atoms. The first-order chi connectivity index (χ1) is 18.2. The monoisotopic (exact) mass is 544 g/mol. The number of aryl methyl sites for hydroxylation is 1. The fourth-order valence-corrected chi connectivity index (χ4v) is 6.30. The molecule has 38 heavy (non-hydrogen) atoms. The molecule has 0 atom stereocenters. The van der Waals surface area contributed by atoms with E-state index >= 15 is 0 Å². The lowest BCUT2D eigenvalue weighted by molar-refractivity contribution is 0.0324. The molecule has 2 N–H and O–H groups in total. The number of pyridine rings is 2. The lowest BCUT2D eigenvalue weighted by atomic mass is 9.92. The predicted molar refractivity (Wildman–Crippen MR) is 149 cm³/mol. The van der Waals surface area contributed by atoms with Crippen molar-refractivity contribution in [3.05, 3.63) is 40.4 Å². The lowest BCUT2D eigenvalue weighted by Gasteiger charge is -2.31. The van der Waals surface area contributed by atoms with E-state index < -0.39 is 7.60 Å². The summed E-state index contributed by atoms with van der Waals surface area (Å²) in [5.74, 6) is 0.936. The van der Waals surface area contributed by atoms with Crippen LogP contribution < -0.4 is 16.2 Å². The predicted octanol–water partition coefficient (Wildman–Crippen LogP) is 4.53. The van der Waals surface area contributed by atoms with Gasteiger partial charge < -0.3 is 24.4 Å². The van der Waals surface area contributed by atoms with Crippen molar-refractivity contribution < 1.29 is 18.3 Å². The molecule has 1 fully saturated rings. The molecule has 0 aliphatic heterocycles. The van der Waals surface area contributed by atoms with Gasteiger partial charge in [-0.1, -0.05) is 0 Å². The number of aromatic nitrogens is 4. The summed E-state index contributed by atoms with van der Waals surface area (Å²) in [6, 6.07) is 5.53. The fraction of sp³-hybridized carbons (Fsp3) is 0.538. The Labute approximate surface area is 222 Å². The Morgan fingerprint density at radius 1 is 1.11 bits per heavy atom. The van der Waals surface area contributed by atoms with Gasteiger partial charge >= 0.3 is 7.60 Å². The molecule has 0 radical (unpaired) electrons. The highest BCUT2D eigenvalue weighted by Crippen LogP contribution is 2.48. The Bertz CT molecular complexity index is 1360. The van der Waals surface area contributed by atoms with Crippen LogP contribution in [0.3, 0.4) is 0 Å². The summed E-state index contributed by atoms with van der Waals surface area (Å²) in [5.41, 5.74) is 8.36. The third-order valence-electron chi connectivity index (χ3n) is 6.75. The molecule has 1 aliphatic carbocycles. The highest BCUT2D eigenvalue weighted by molar-refractivity contribution is 7.53. The first kappa shape index (κ1) is 28.2. The first-order valence-electron chi connectivity index (χ1n) is 13.0. The Kier molecular flexibility index (Phi) is 8.82. The zero-order chi connectivity index (χ0) is 27.4. The van der Waals surface area contributed by atoms with Crippen LogP contribution in [0, 0.1) is 6.92 Å². The molecule has 0 spiro atoms. The average molecular weight is 545 g/mol. The maximum atomic E-state index is 13.9. The van der Waals surface area contributed by atoms with Crippen molar-refractivity contribution in [2.45, 2.75) is 58.6 Å². The highest BCUT2D eigenvalue weighted by Gasteiger charge is 2.30. The van der Waals surface area contributed by atoms with Crippen LogP contribution in [0.15, 0.2) is 29.2 Å². The molecular formula is C26H37N6O5P. The zero-order valence-electron chi connectivity index (χ0n) is 22.7. The second kappa shape index (κ2) is 11.9. The van der Waals surface area contributed by atoms with Gasteiger partial charge in [0.05, 0.1) is 25.0 Å². The molecule has 0 unspecified atom stereocenters. The fourth-order valence-electron chi connectivity index (χ4n) is 4.90. The number of nitrogens with two attached hydrogens (primary N) is 1. The van der Waals surface area contributed by atoms with E-state index in [1.165, 1.54) is 0 Å². The van der Waals surface area contributed by atoms with Crippen molar-refractivity contribution in [1.29, 1.82) is 0 Å². The van der Waals surface area contributed by atoms with Crippen LogP contribution in [-0.2, 0) is 18.3 Å². The van der Waals surface area contributed by atoms with Crippen molar-refractivity contribution in [3.63, 3.8) is 0 Å². The molecule has 11 nitrogen and oxygen atoms in total. The van der Waals surface area contributed by atoms with Gasteiger partial charge in [0.1, 0.15) is 17.8 Å². The molecule has 1 aliphatic rings. The van der Waals surface area contributed by atoms with Crippen molar-refractivity contribution in [3.8, 4) is 11.1 Å². The maximum absolute atomic E-state index is 13.9. The van der Waals surface area contributed by atoms with Crippen molar-refractivity contribution in [1.82, 2.24) is 19.5 Å². The minimum absolute atomic E-state index is 0.0821. The third kappa shape index (κ3) is 6.07. The molecular weight excluding hydrogens is 507 g/mol. The van der Waals surface area contributed by atoms with Gasteiger partial charge in [0.15, 0.2) is 0 Å². The first-order valence-corrected chi connectivity index (χ1v) is 14.7. The number of fused-ring (bicyclic) bond motifs is 1. The van der Waals surface area contributed by atoms with E-state index in [1.807, 2.05) is 44.1 Å². The van der Waals surface area contributed by atoms with Crippen LogP contribution in [0.4, 0.5) is 11.8 Å². The number of anilines is 2. The number of rotatable bonds is 10. The van der Waals surface area contributed by atoms with Gasteiger partial charge in [0.25, 0.3) is 5.56 Å². The molecule has 0 aromatic carbocycles. The van der Waals surface area contributed by atoms with E-state index in [0.29, 0.717) is 42.6 Å². The van der Waals surface area contributed by atoms with E-state index in [1.54, 1.807) is 24.6 Å². The SMILES string of the molecule is CCOP(=O)(COC1CCC(n2c(=O)c(-c3ccc(N(C)C)nc3)cc3c(C)nc(N)nc32)CC1)OCC. The van der Waals surface area contributed by atoms with Gasteiger partial charge in [-0.15, -0.1) is 0 Å². The molecule has 1 saturated carbocycles. The summed E-state index contributed by atoms with van der Waals surface area (Å²) >= 11 is 0. The molecule has 3 heterocycles. The summed E-state index contributed by atoms with van der Waals surface area (Å²) < 4.78 is 31.2. The number of nitrogens with zero attached hydrogens (tertiary/aromatic N) is 5. The van der Waals surface area contributed by atoms with Crippen LogP contribution in [-0.4, -0.2) is 59.3 Å². The van der Waals surface area contributed by atoms with Crippen LogP contribution in [0.5, 0.6) is 0 Å². The molecule has 4 rings (SSSR count). The smallest absolute Gasteiger partial charge is 0.356 e. The topological polar surface area (TPSA) is 135 Å². The van der Waals surface area contributed by atoms with Gasteiger partial charge in [0, 0.05) is 42.8 Å². The van der Waals surface area contributed by atoms with E-state index in [4.69, 9.17) is 19.5 Å². The molecule has 0 amide bonds. The quantitative estimate of drug-likeness (QED) is 0.363. The summed E-state index contributed by atoms with van der Waals surface area (Å²) in [5, 5.41) is 0.776. The Morgan fingerprint density at radius 2 is 1.79 bits per heavy atom. The van der Waals surface area contributed by atoms with Gasteiger partial charge in [-0.3, -0.25) is 13.9 Å². The second-order valence-electron chi connectivity index (χ2n) is 9.61. The maximum Gasteiger partial charge on any atom is 0.356 e. The Balaban J connectivity index is 1.64. The number of ether oxygens (including phenoxy) is 1. The average Bonchev–Trinajstić information content (AvgIpc) is 2.88. The second-order valence-corrected chi connectivity index (χ2v) is 11.6. The summed E-state index contributed by atoms with van der Waals surface area (Å²) in [4.78, 5) is 29.2. The summed E-state index contributed by atoms with van der Waals surface area (Å²) in [7, 11) is 0.560. The van der Waals surface area contributed by atoms with Gasteiger partial charge in [0.2, 0.25) is 5.95 Å². The minimum atomic E-state index is -3.28. The lowest BCUT2D eigenvalue weighted by Crippen LogP contribution is -2.32. The molecule has 0 saturated heterocycles. The molecule has 12 heteroatoms. The van der Waals surface area contributed by atoms with Crippen LogP contribution in [0.2, 0.25) is 0 Å². The highest BCUT2D eigenvalue weighted by atomic mass is 31.2. The van der Waals surface area contributed by atoms with Crippen molar-refractivity contribution >= 4 is 30.4 Å². The Morgan fingerprint density at radius 3 is 2.37 bits per heavy atom. The molecule has 3 aromatic heterocycles. The number of hydrogen-bond acceptors (Lipinski definition) is 10. The minimum Gasteiger partial charge on any atom is -0.368 e. The molecule has 206 valence electrons. The van der Waals surface area contributed by atoms with Crippen molar-refractivity contribution in [2.75, 3.05) is 44.3 Å². The van der Waals surface area contributed by atoms with E-state index in [2.05, 4.69) is 15.0 Å². The van der Waals surface area contributed by atoms with Crippen LogP contribution >= 0.6 is 7.60 Å². The van der Waals surface area contributed by atoms with E-state index in [0.717, 1.165) is 16.8 Å². The third-order valence-corrected chi connectivity index (χ3v) is 8.51. The van der Waals surface area contributed by atoms with Gasteiger partial charge in [-0.25, -0.2) is 9.97 Å². The number of hydrogen-bond donors (Lipinski definition) is 1.